The first-order valence-electron chi connectivity index (χ1n) is 6.29. The van der Waals surface area contributed by atoms with Crippen molar-refractivity contribution < 1.29 is 14.8 Å². The van der Waals surface area contributed by atoms with Gasteiger partial charge in [0.15, 0.2) is 0 Å². The summed E-state index contributed by atoms with van der Waals surface area (Å²) in [6.45, 7) is 4.26. The molecule has 1 fully saturated rings. The third kappa shape index (κ3) is 3.09. The highest BCUT2D eigenvalue weighted by atomic mass is 16.6. The third-order valence-electron chi connectivity index (χ3n) is 3.55. The molecule has 0 aromatic heterocycles. The van der Waals surface area contributed by atoms with E-state index in [4.69, 9.17) is 4.74 Å². The number of aliphatic hydroxyl groups is 1. The normalized spacial score (nSPS) is 20.4. The van der Waals surface area contributed by atoms with Gasteiger partial charge in [0, 0.05) is 24.7 Å². The van der Waals surface area contributed by atoms with Crippen molar-refractivity contribution in [3.05, 3.63) is 39.4 Å². The van der Waals surface area contributed by atoms with E-state index >= 15 is 0 Å². The van der Waals surface area contributed by atoms with Gasteiger partial charge in [-0.15, -0.1) is 0 Å². The zero-order valence-electron chi connectivity index (χ0n) is 10.9. The van der Waals surface area contributed by atoms with E-state index in [9.17, 15) is 15.2 Å². The fraction of sp³-hybridized carbons (Fsp3) is 0.538. The lowest BCUT2D eigenvalue weighted by atomic mass is 10.1. The molecule has 6 nitrogen and oxygen atoms in total. The Balaban J connectivity index is 2.18. The van der Waals surface area contributed by atoms with Crippen LogP contribution in [0.2, 0.25) is 0 Å². The van der Waals surface area contributed by atoms with E-state index in [0.717, 1.165) is 12.1 Å². The first kappa shape index (κ1) is 13.9. The van der Waals surface area contributed by atoms with Gasteiger partial charge in [0.2, 0.25) is 0 Å². The van der Waals surface area contributed by atoms with Crippen LogP contribution < -0.4 is 0 Å². The number of rotatable bonds is 4. The maximum Gasteiger partial charge on any atom is 0.272 e. The number of nitrogens with zero attached hydrogens (tertiary/aromatic N) is 2. The molecule has 0 aliphatic carbocycles. The van der Waals surface area contributed by atoms with Crippen molar-refractivity contribution in [2.24, 2.45) is 0 Å². The van der Waals surface area contributed by atoms with Gasteiger partial charge in [0.1, 0.15) is 0 Å². The summed E-state index contributed by atoms with van der Waals surface area (Å²) in [5.74, 6) is 0. The van der Waals surface area contributed by atoms with Crippen molar-refractivity contribution in [2.45, 2.75) is 19.5 Å². The van der Waals surface area contributed by atoms with Gasteiger partial charge in [-0.3, -0.25) is 15.0 Å². The molecule has 0 amide bonds. The molecule has 2 rings (SSSR count). The van der Waals surface area contributed by atoms with Crippen LogP contribution in [0.1, 0.15) is 11.1 Å². The fourth-order valence-corrected chi connectivity index (χ4v) is 2.32. The zero-order valence-corrected chi connectivity index (χ0v) is 10.9. The Labute approximate surface area is 111 Å². The van der Waals surface area contributed by atoms with Crippen LogP contribution >= 0.6 is 0 Å². The summed E-state index contributed by atoms with van der Waals surface area (Å²) >= 11 is 0. The van der Waals surface area contributed by atoms with Crippen molar-refractivity contribution in [3.63, 3.8) is 0 Å². The SMILES string of the molecule is Cc1c(CN2CCOCC2CO)cccc1[N+](=O)[O-]. The van der Waals surface area contributed by atoms with Crippen LogP contribution in [-0.2, 0) is 11.3 Å². The molecule has 1 aromatic rings. The summed E-state index contributed by atoms with van der Waals surface area (Å²) < 4.78 is 5.32. The van der Waals surface area contributed by atoms with Gasteiger partial charge >= 0.3 is 0 Å². The lowest BCUT2D eigenvalue weighted by Gasteiger charge is -2.34. The minimum atomic E-state index is -0.359. The summed E-state index contributed by atoms with van der Waals surface area (Å²) in [7, 11) is 0. The Morgan fingerprint density at radius 1 is 1.58 bits per heavy atom. The summed E-state index contributed by atoms with van der Waals surface area (Å²) in [6.07, 6.45) is 0. The second-order valence-corrected chi connectivity index (χ2v) is 4.70. The first-order chi connectivity index (χ1) is 9.13. The largest absolute Gasteiger partial charge is 0.395 e. The van der Waals surface area contributed by atoms with E-state index in [1.807, 2.05) is 6.07 Å². The highest BCUT2D eigenvalue weighted by Crippen LogP contribution is 2.23. The highest BCUT2D eigenvalue weighted by Gasteiger charge is 2.23. The zero-order chi connectivity index (χ0) is 13.8. The molecule has 1 N–H and O–H groups in total. The van der Waals surface area contributed by atoms with Crippen LogP contribution in [0.5, 0.6) is 0 Å². The molecule has 1 aromatic carbocycles. The molecule has 1 unspecified atom stereocenters. The monoisotopic (exact) mass is 266 g/mol. The molecule has 1 aliphatic rings. The van der Waals surface area contributed by atoms with Gasteiger partial charge < -0.3 is 9.84 Å². The summed E-state index contributed by atoms with van der Waals surface area (Å²) in [6, 6.07) is 5.08. The second-order valence-electron chi connectivity index (χ2n) is 4.70. The second kappa shape index (κ2) is 6.10. The smallest absolute Gasteiger partial charge is 0.272 e. The molecule has 6 heteroatoms. The summed E-state index contributed by atoms with van der Waals surface area (Å²) in [5, 5.41) is 20.2. The maximum absolute atomic E-state index is 10.9. The molecule has 1 heterocycles. The van der Waals surface area contributed by atoms with Crippen LogP contribution in [0.15, 0.2) is 18.2 Å². The van der Waals surface area contributed by atoms with Crippen LogP contribution in [-0.4, -0.2) is 47.3 Å². The topological polar surface area (TPSA) is 75.8 Å². The van der Waals surface area contributed by atoms with Gasteiger partial charge in [-0.1, -0.05) is 12.1 Å². The van der Waals surface area contributed by atoms with Crippen molar-refractivity contribution in [1.29, 1.82) is 0 Å². The Kier molecular flexibility index (Phi) is 4.47. The fourth-order valence-electron chi connectivity index (χ4n) is 2.32. The number of hydrogen-bond donors (Lipinski definition) is 1. The summed E-state index contributed by atoms with van der Waals surface area (Å²) in [4.78, 5) is 12.7. The predicted molar refractivity (Wildman–Crippen MR) is 69.9 cm³/mol. The molecule has 19 heavy (non-hydrogen) atoms. The van der Waals surface area contributed by atoms with Gasteiger partial charge in [0.05, 0.1) is 30.8 Å². The number of nitro benzene ring substituents is 1. The van der Waals surface area contributed by atoms with E-state index in [1.165, 1.54) is 6.07 Å². The average Bonchev–Trinajstić information content (AvgIpc) is 2.41. The van der Waals surface area contributed by atoms with Crippen molar-refractivity contribution >= 4 is 5.69 Å². The van der Waals surface area contributed by atoms with Crippen LogP contribution in [0, 0.1) is 17.0 Å². The van der Waals surface area contributed by atoms with E-state index in [0.29, 0.717) is 25.3 Å². The van der Waals surface area contributed by atoms with E-state index in [-0.39, 0.29) is 23.3 Å². The molecular weight excluding hydrogens is 248 g/mol. The summed E-state index contributed by atoms with van der Waals surface area (Å²) in [5.41, 5.74) is 1.76. The number of ether oxygens (including phenoxy) is 1. The van der Waals surface area contributed by atoms with Crippen molar-refractivity contribution in [2.75, 3.05) is 26.4 Å². The molecule has 0 radical (unpaired) electrons. The lowest BCUT2D eigenvalue weighted by Crippen LogP contribution is -2.46. The molecule has 1 atom stereocenters. The number of nitro groups is 1. The molecule has 0 bridgehead atoms. The molecule has 1 aliphatic heterocycles. The number of aliphatic hydroxyl groups excluding tert-OH is 1. The predicted octanol–water partition coefficient (Wildman–Crippen LogP) is 1.10. The van der Waals surface area contributed by atoms with Crippen LogP contribution in [0.25, 0.3) is 0 Å². The number of benzene rings is 1. The third-order valence-corrected chi connectivity index (χ3v) is 3.55. The van der Waals surface area contributed by atoms with Crippen LogP contribution in [0.4, 0.5) is 5.69 Å². The standard InChI is InChI=1S/C13H18N2O4/c1-10-11(3-2-4-13(10)15(17)18)7-14-5-6-19-9-12(14)8-16/h2-4,12,16H,5-9H2,1H3. The van der Waals surface area contributed by atoms with Gasteiger partial charge in [-0.2, -0.15) is 0 Å². The Hall–Kier alpha value is -1.50. The molecule has 1 saturated heterocycles. The van der Waals surface area contributed by atoms with E-state index in [1.54, 1.807) is 13.0 Å². The molecule has 0 spiro atoms. The molecule has 104 valence electrons. The van der Waals surface area contributed by atoms with Gasteiger partial charge in [0.25, 0.3) is 5.69 Å². The maximum atomic E-state index is 10.9. The molecule has 0 saturated carbocycles. The number of hydrogen-bond acceptors (Lipinski definition) is 5. The van der Waals surface area contributed by atoms with Gasteiger partial charge in [-0.25, -0.2) is 0 Å². The van der Waals surface area contributed by atoms with Crippen molar-refractivity contribution in [3.8, 4) is 0 Å². The van der Waals surface area contributed by atoms with Crippen molar-refractivity contribution in [1.82, 2.24) is 4.90 Å². The van der Waals surface area contributed by atoms with E-state index in [2.05, 4.69) is 4.90 Å². The molecular formula is C13H18N2O4. The minimum absolute atomic E-state index is 0.0348. The minimum Gasteiger partial charge on any atom is -0.395 e. The first-order valence-corrected chi connectivity index (χ1v) is 6.29. The average molecular weight is 266 g/mol. The Morgan fingerprint density at radius 2 is 2.37 bits per heavy atom. The highest BCUT2D eigenvalue weighted by molar-refractivity contribution is 5.44. The van der Waals surface area contributed by atoms with Gasteiger partial charge in [-0.05, 0) is 12.5 Å². The quantitative estimate of drug-likeness (QED) is 0.652. The lowest BCUT2D eigenvalue weighted by molar-refractivity contribution is -0.385. The van der Waals surface area contributed by atoms with Crippen LogP contribution in [0.3, 0.4) is 0 Å². The number of morpholine rings is 1. The Morgan fingerprint density at radius 3 is 3.05 bits per heavy atom. The van der Waals surface area contributed by atoms with E-state index < -0.39 is 0 Å². The Bertz CT molecular complexity index is 464.